The maximum absolute atomic E-state index is 10.7. The Kier molecular flexibility index (Phi) is 1.63. The second-order valence-corrected chi connectivity index (χ2v) is 3.13. The molecule has 70 valence electrons. The summed E-state index contributed by atoms with van der Waals surface area (Å²) in [6.45, 7) is 0. The highest BCUT2D eigenvalue weighted by atomic mass is 16.5. The first-order valence-electron chi connectivity index (χ1n) is 3.97. The van der Waals surface area contributed by atoms with Crippen LogP contribution in [0.1, 0.15) is 12.8 Å². The normalized spacial score (nSPS) is 31.1. The number of fused-ring (bicyclic) bond motifs is 2. The van der Waals surface area contributed by atoms with Crippen LogP contribution in [0.5, 0.6) is 0 Å². The molecule has 5 nitrogen and oxygen atoms in total. The van der Waals surface area contributed by atoms with E-state index in [1.54, 1.807) is 0 Å². The number of hydrogen-bond donors (Lipinski definition) is 2. The first kappa shape index (κ1) is 8.25. The monoisotopic (exact) mass is 184 g/mol. The van der Waals surface area contributed by atoms with E-state index in [1.807, 2.05) is 0 Å². The van der Waals surface area contributed by atoms with Gasteiger partial charge in [-0.1, -0.05) is 0 Å². The molecule has 1 fully saturated rings. The largest absolute Gasteiger partial charge is 0.478 e. The fourth-order valence-corrected chi connectivity index (χ4v) is 1.91. The number of hydrogen-bond acceptors (Lipinski definition) is 3. The van der Waals surface area contributed by atoms with Gasteiger partial charge in [-0.25, -0.2) is 9.59 Å². The molecule has 2 rings (SSSR count). The second-order valence-electron chi connectivity index (χ2n) is 3.13. The molecule has 0 spiro atoms. The van der Waals surface area contributed by atoms with Gasteiger partial charge in [-0.2, -0.15) is 0 Å². The minimum atomic E-state index is -1.18. The van der Waals surface area contributed by atoms with E-state index in [1.165, 1.54) is 0 Å². The molecule has 0 aromatic heterocycles. The molecule has 2 atom stereocenters. The molecule has 0 aliphatic carbocycles. The predicted octanol–water partition coefficient (Wildman–Crippen LogP) is 0.0134. The van der Waals surface area contributed by atoms with E-state index in [0.717, 1.165) is 0 Å². The van der Waals surface area contributed by atoms with Crippen molar-refractivity contribution >= 4 is 11.9 Å². The van der Waals surface area contributed by atoms with Crippen LogP contribution in [0, 0.1) is 0 Å². The van der Waals surface area contributed by atoms with Gasteiger partial charge in [-0.3, -0.25) is 0 Å². The van der Waals surface area contributed by atoms with Crippen LogP contribution < -0.4 is 0 Å². The SMILES string of the molecule is O=C(O)C1=C(C(=O)O)C2CCC1O2. The summed E-state index contributed by atoms with van der Waals surface area (Å²) in [6, 6.07) is 0. The third-order valence-corrected chi connectivity index (χ3v) is 2.41. The van der Waals surface area contributed by atoms with Gasteiger partial charge in [0.1, 0.15) is 0 Å². The molecule has 0 saturated carbocycles. The maximum Gasteiger partial charge on any atom is 0.334 e. The van der Waals surface area contributed by atoms with Crippen molar-refractivity contribution in [2.24, 2.45) is 0 Å². The summed E-state index contributed by atoms with van der Waals surface area (Å²) in [7, 11) is 0. The average molecular weight is 184 g/mol. The lowest BCUT2D eigenvalue weighted by atomic mass is 9.92. The van der Waals surface area contributed by atoms with Crippen molar-refractivity contribution in [1.29, 1.82) is 0 Å². The highest BCUT2D eigenvalue weighted by Crippen LogP contribution is 2.39. The lowest BCUT2D eigenvalue weighted by molar-refractivity contribution is -0.136. The minimum Gasteiger partial charge on any atom is -0.478 e. The van der Waals surface area contributed by atoms with Crippen molar-refractivity contribution in [2.45, 2.75) is 25.0 Å². The van der Waals surface area contributed by atoms with E-state index in [4.69, 9.17) is 14.9 Å². The van der Waals surface area contributed by atoms with E-state index in [0.29, 0.717) is 12.8 Å². The van der Waals surface area contributed by atoms with Crippen LogP contribution in [0.2, 0.25) is 0 Å². The van der Waals surface area contributed by atoms with Gasteiger partial charge in [-0.15, -0.1) is 0 Å². The Bertz CT molecular complexity index is 286. The van der Waals surface area contributed by atoms with Crippen LogP contribution in [-0.4, -0.2) is 34.4 Å². The fourth-order valence-electron chi connectivity index (χ4n) is 1.91. The Labute approximate surface area is 73.6 Å². The summed E-state index contributed by atoms with van der Waals surface area (Å²) in [4.78, 5) is 21.4. The molecule has 2 aliphatic rings. The van der Waals surface area contributed by atoms with Gasteiger partial charge < -0.3 is 14.9 Å². The molecule has 13 heavy (non-hydrogen) atoms. The average Bonchev–Trinajstić information content (AvgIpc) is 2.60. The van der Waals surface area contributed by atoms with E-state index >= 15 is 0 Å². The molecule has 2 unspecified atom stereocenters. The third kappa shape index (κ3) is 1.04. The fraction of sp³-hybridized carbons (Fsp3) is 0.500. The van der Waals surface area contributed by atoms with Crippen molar-refractivity contribution in [3.8, 4) is 0 Å². The summed E-state index contributed by atoms with van der Waals surface area (Å²) in [5.74, 6) is -2.35. The van der Waals surface area contributed by atoms with Crippen LogP contribution >= 0.6 is 0 Å². The Morgan fingerprint density at radius 3 is 1.77 bits per heavy atom. The van der Waals surface area contributed by atoms with E-state index in [2.05, 4.69) is 0 Å². The predicted molar refractivity (Wildman–Crippen MR) is 40.2 cm³/mol. The van der Waals surface area contributed by atoms with Crippen molar-refractivity contribution in [3.05, 3.63) is 11.1 Å². The van der Waals surface area contributed by atoms with Crippen molar-refractivity contribution < 1.29 is 24.5 Å². The van der Waals surface area contributed by atoms with Gasteiger partial charge in [0.25, 0.3) is 0 Å². The highest BCUT2D eigenvalue weighted by Gasteiger charge is 2.46. The Morgan fingerprint density at radius 1 is 1.08 bits per heavy atom. The third-order valence-electron chi connectivity index (χ3n) is 2.41. The molecule has 0 aromatic rings. The van der Waals surface area contributed by atoms with Crippen molar-refractivity contribution in [3.63, 3.8) is 0 Å². The second kappa shape index (κ2) is 2.56. The zero-order chi connectivity index (χ0) is 9.59. The van der Waals surface area contributed by atoms with E-state index in [-0.39, 0.29) is 11.1 Å². The summed E-state index contributed by atoms with van der Waals surface area (Å²) >= 11 is 0. The molecule has 5 heteroatoms. The maximum atomic E-state index is 10.7. The number of carbonyl (C=O) groups is 2. The lowest BCUT2D eigenvalue weighted by Gasteiger charge is -2.09. The molecule has 0 aromatic carbocycles. The zero-order valence-corrected chi connectivity index (χ0v) is 6.69. The zero-order valence-electron chi connectivity index (χ0n) is 6.69. The summed E-state index contributed by atoms with van der Waals surface area (Å²) in [6.07, 6.45) is 0.216. The lowest BCUT2D eigenvalue weighted by Crippen LogP contribution is -2.20. The van der Waals surface area contributed by atoms with E-state index < -0.39 is 24.1 Å². The molecular formula is C8H8O5. The molecule has 1 saturated heterocycles. The summed E-state index contributed by atoms with van der Waals surface area (Å²) < 4.78 is 5.18. The quantitative estimate of drug-likeness (QED) is 0.631. The Balaban J connectivity index is 2.46. The van der Waals surface area contributed by atoms with Crippen LogP contribution in [0.25, 0.3) is 0 Å². The first-order chi connectivity index (χ1) is 6.11. The smallest absolute Gasteiger partial charge is 0.334 e. The van der Waals surface area contributed by atoms with Gasteiger partial charge in [0, 0.05) is 0 Å². The minimum absolute atomic E-state index is 0.0660. The van der Waals surface area contributed by atoms with Crippen LogP contribution in [0.3, 0.4) is 0 Å². The van der Waals surface area contributed by atoms with Gasteiger partial charge in [0.2, 0.25) is 0 Å². The summed E-state index contributed by atoms with van der Waals surface area (Å²) in [5.41, 5.74) is -0.132. The van der Waals surface area contributed by atoms with Gasteiger partial charge in [-0.05, 0) is 12.8 Å². The van der Waals surface area contributed by atoms with Gasteiger partial charge in [0.05, 0.1) is 23.4 Å². The molecule has 2 aliphatic heterocycles. The molecular weight excluding hydrogens is 176 g/mol. The number of aliphatic carboxylic acids is 2. The number of rotatable bonds is 2. The topological polar surface area (TPSA) is 83.8 Å². The Hall–Kier alpha value is -1.36. The number of carboxylic acid groups (broad SMARTS) is 2. The number of carboxylic acids is 2. The van der Waals surface area contributed by atoms with Crippen molar-refractivity contribution in [1.82, 2.24) is 0 Å². The first-order valence-corrected chi connectivity index (χ1v) is 3.97. The van der Waals surface area contributed by atoms with E-state index in [9.17, 15) is 9.59 Å². The standard InChI is InChI=1S/C8H8O5/c9-7(10)5-3-1-2-4(13-3)6(5)8(11)12/h3-4H,1-2H2,(H,9,10)(H,11,12). The van der Waals surface area contributed by atoms with Gasteiger partial charge >= 0.3 is 11.9 Å². The molecule has 2 bridgehead atoms. The van der Waals surface area contributed by atoms with Crippen LogP contribution in [0.4, 0.5) is 0 Å². The van der Waals surface area contributed by atoms with Crippen LogP contribution in [-0.2, 0) is 14.3 Å². The van der Waals surface area contributed by atoms with Crippen molar-refractivity contribution in [2.75, 3.05) is 0 Å². The molecule has 2 heterocycles. The number of ether oxygens (including phenoxy) is 1. The Morgan fingerprint density at radius 2 is 1.46 bits per heavy atom. The molecule has 0 radical (unpaired) electrons. The van der Waals surface area contributed by atoms with Crippen LogP contribution in [0.15, 0.2) is 11.1 Å². The molecule has 0 amide bonds. The van der Waals surface area contributed by atoms with Gasteiger partial charge in [0.15, 0.2) is 0 Å². The summed E-state index contributed by atoms with van der Waals surface area (Å²) in [5, 5.41) is 17.5. The molecule has 2 N–H and O–H groups in total. The highest BCUT2D eigenvalue weighted by molar-refractivity contribution is 6.01.